The van der Waals surface area contributed by atoms with Crippen molar-refractivity contribution in [3.8, 4) is 22.8 Å². The Morgan fingerprint density at radius 2 is 1.49 bits per heavy atom. The van der Waals surface area contributed by atoms with Gasteiger partial charge in [-0.2, -0.15) is 0 Å². The monoisotopic (exact) mass is 740 g/mol. The molecule has 0 saturated carbocycles. The average Bonchev–Trinajstić information content (AvgIpc) is 3.66. The number of nitrogens with one attached hydrogen (secondary N) is 3. The number of thioether (sulfide) groups is 1. The van der Waals surface area contributed by atoms with Crippen molar-refractivity contribution in [2.75, 3.05) is 24.4 Å². The fourth-order valence-corrected chi connectivity index (χ4v) is 7.01. The standard InChI is InChI=1S/C42H36N4O5S2/c1-3-51-32-22-18-28(19-23-32)26-35(44-39(47)30-14-8-5-9-15-30)40(48)43-31-20-24-33(25-21-31)53-38(29-12-6-4-7-13-29)41(49)46-42-45-36(27-52-42)34-16-10-11-17-37(34)50-2/h4-27,38H,3H2,1-2H3,(H,43,48)(H,44,47)(H,45,46,49)/b35-26-. The molecule has 266 valence electrons. The normalized spacial score (nSPS) is 11.6. The SMILES string of the molecule is CCOc1ccc(/C=C(\NC(=O)c2ccccc2)C(=O)Nc2ccc(SC(C(=O)Nc3nc(-c4ccccc4OC)cs3)c3ccccc3)cc2)cc1. The van der Waals surface area contributed by atoms with Crippen LogP contribution in [0.15, 0.2) is 149 Å². The second-order valence-corrected chi connectivity index (χ2v) is 13.5. The minimum absolute atomic E-state index is 0.0679. The number of hydrogen-bond donors (Lipinski definition) is 3. The van der Waals surface area contributed by atoms with Crippen LogP contribution >= 0.6 is 23.1 Å². The Morgan fingerprint density at radius 1 is 0.811 bits per heavy atom. The summed E-state index contributed by atoms with van der Waals surface area (Å²) in [5.74, 6) is 0.266. The van der Waals surface area contributed by atoms with Gasteiger partial charge in [0.1, 0.15) is 22.4 Å². The van der Waals surface area contributed by atoms with Gasteiger partial charge < -0.3 is 25.4 Å². The van der Waals surface area contributed by atoms with Gasteiger partial charge in [-0.25, -0.2) is 4.98 Å². The van der Waals surface area contributed by atoms with Gasteiger partial charge in [0.05, 0.1) is 19.4 Å². The average molecular weight is 741 g/mol. The largest absolute Gasteiger partial charge is 0.496 e. The van der Waals surface area contributed by atoms with E-state index in [9.17, 15) is 14.4 Å². The molecule has 11 heteroatoms. The highest BCUT2D eigenvalue weighted by molar-refractivity contribution is 8.00. The molecule has 1 heterocycles. The Morgan fingerprint density at radius 3 is 2.19 bits per heavy atom. The fraction of sp³-hybridized carbons (Fsp3) is 0.0952. The molecule has 0 spiro atoms. The van der Waals surface area contributed by atoms with Crippen LogP contribution in [-0.4, -0.2) is 36.4 Å². The Kier molecular flexibility index (Phi) is 12.3. The first-order chi connectivity index (χ1) is 25.9. The maximum absolute atomic E-state index is 13.8. The van der Waals surface area contributed by atoms with E-state index in [0.29, 0.717) is 45.7 Å². The molecule has 0 aliphatic heterocycles. The smallest absolute Gasteiger partial charge is 0.272 e. The van der Waals surface area contributed by atoms with E-state index in [4.69, 9.17) is 9.47 Å². The van der Waals surface area contributed by atoms with Crippen LogP contribution in [0.1, 0.15) is 33.7 Å². The van der Waals surface area contributed by atoms with Crippen LogP contribution in [0.4, 0.5) is 10.8 Å². The number of methoxy groups -OCH3 is 1. The zero-order valence-electron chi connectivity index (χ0n) is 28.9. The lowest BCUT2D eigenvalue weighted by Gasteiger charge is -2.17. The number of carbonyl (C=O) groups is 3. The van der Waals surface area contributed by atoms with Crippen LogP contribution in [0.2, 0.25) is 0 Å². The number of ether oxygens (including phenoxy) is 2. The van der Waals surface area contributed by atoms with Gasteiger partial charge in [0.2, 0.25) is 5.91 Å². The zero-order chi connectivity index (χ0) is 37.0. The van der Waals surface area contributed by atoms with Crippen molar-refractivity contribution < 1.29 is 23.9 Å². The number of benzene rings is 5. The third-order valence-electron chi connectivity index (χ3n) is 7.85. The van der Waals surface area contributed by atoms with Crippen molar-refractivity contribution in [1.82, 2.24) is 10.3 Å². The van der Waals surface area contributed by atoms with Gasteiger partial charge in [-0.1, -0.05) is 72.8 Å². The van der Waals surface area contributed by atoms with Gasteiger partial charge in [0.25, 0.3) is 11.8 Å². The van der Waals surface area contributed by atoms with Gasteiger partial charge in [0.15, 0.2) is 5.13 Å². The zero-order valence-corrected chi connectivity index (χ0v) is 30.6. The highest BCUT2D eigenvalue weighted by Gasteiger charge is 2.24. The van der Waals surface area contributed by atoms with E-state index < -0.39 is 17.1 Å². The van der Waals surface area contributed by atoms with Gasteiger partial charge >= 0.3 is 0 Å². The molecule has 6 aromatic rings. The number of thiazole rings is 1. The summed E-state index contributed by atoms with van der Waals surface area (Å²) < 4.78 is 11.0. The topological polar surface area (TPSA) is 119 Å². The number of nitrogens with zero attached hydrogens (tertiary/aromatic N) is 1. The predicted molar refractivity (Wildman–Crippen MR) is 212 cm³/mol. The lowest BCUT2D eigenvalue weighted by atomic mass is 10.1. The molecule has 0 aliphatic rings. The van der Waals surface area contributed by atoms with E-state index in [1.54, 1.807) is 61.7 Å². The summed E-state index contributed by atoms with van der Waals surface area (Å²) in [4.78, 5) is 45.9. The summed E-state index contributed by atoms with van der Waals surface area (Å²) in [5, 5.41) is 10.4. The Hall–Kier alpha value is -6.17. The first-order valence-electron chi connectivity index (χ1n) is 16.7. The van der Waals surface area contributed by atoms with E-state index in [-0.39, 0.29) is 11.6 Å². The summed E-state index contributed by atoms with van der Waals surface area (Å²) in [5.41, 5.74) is 4.08. The predicted octanol–water partition coefficient (Wildman–Crippen LogP) is 9.10. The number of anilines is 2. The molecular formula is C42H36N4O5S2. The molecule has 1 unspecified atom stereocenters. The van der Waals surface area contributed by atoms with E-state index >= 15 is 0 Å². The van der Waals surface area contributed by atoms with Crippen molar-refractivity contribution in [2.24, 2.45) is 0 Å². The van der Waals surface area contributed by atoms with Crippen molar-refractivity contribution in [3.63, 3.8) is 0 Å². The third-order valence-corrected chi connectivity index (χ3v) is 9.88. The molecular weight excluding hydrogens is 705 g/mol. The highest BCUT2D eigenvalue weighted by atomic mass is 32.2. The van der Waals surface area contributed by atoms with Crippen molar-refractivity contribution in [3.05, 3.63) is 161 Å². The second kappa shape index (κ2) is 17.9. The van der Waals surface area contributed by atoms with Crippen molar-refractivity contribution in [1.29, 1.82) is 0 Å². The second-order valence-electron chi connectivity index (χ2n) is 11.5. The number of rotatable bonds is 14. The molecule has 0 bridgehead atoms. The van der Waals surface area contributed by atoms with Gasteiger partial charge in [0, 0.05) is 27.1 Å². The Labute approximate surface area is 316 Å². The third kappa shape index (κ3) is 9.79. The molecule has 0 saturated heterocycles. The van der Waals surface area contributed by atoms with Crippen molar-refractivity contribution >= 4 is 57.7 Å². The highest BCUT2D eigenvalue weighted by Crippen LogP contribution is 2.38. The van der Waals surface area contributed by atoms with Gasteiger partial charge in [-0.3, -0.25) is 14.4 Å². The van der Waals surface area contributed by atoms with Crippen molar-refractivity contribution in [2.45, 2.75) is 17.1 Å². The number of para-hydroxylation sites is 1. The summed E-state index contributed by atoms with van der Waals surface area (Å²) in [6.45, 7) is 2.44. The first kappa shape index (κ1) is 36.6. The minimum atomic E-state index is -0.591. The van der Waals surface area contributed by atoms with E-state index in [1.807, 2.05) is 97.2 Å². The molecule has 0 radical (unpaired) electrons. The van der Waals surface area contributed by atoms with Gasteiger partial charge in [-0.05, 0) is 84.8 Å². The molecule has 0 aliphatic carbocycles. The number of carbonyl (C=O) groups excluding carboxylic acids is 3. The first-order valence-corrected chi connectivity index (χ1v) is 18.5. The number of hydrogen-bond acceptors (Lipinski definition) is 8. The molecule has 1 aromatic heterocycles. The molecule has 1 atom stereocenters. The molecule has 9 nitrogen and oxygen atoms in total. The quantitative estimate of drug-likeness (QED) is 0.0753. The Balaban J connectivity index is 1.17. The van der Waals surface area contributed by atoms with Crippen LogP contribution in [0.5, 0.6) is 11.5 Å². The minimum Gasteiger partial charge on any atom is -0.496 e. The van der Waals surface area contributed by atoms with Crippen LogP contribution in [0, 0.1) is 0 Å². The Bertz CT molecular complexity index is 2190. The van der Waals surface area contributed by atoms with Crippen LogP contribution in [0.3, 0.4) is 0 Å². The van der Waals surface area contributed by atoms with Crippen LogP contribution < -0.4 is 25.4 Å². The fourth-order valence-electron chi connectivity index (χ4n) is 5.27. The summed E-state index contributed by atoms with van der Waals surface area (Å²) in [6.07, 6.45) is 1.61. The molecule has 5 aromatic carbocycles. The summed E-state index contributed by atoms with van der Waals surface area (Å²) in [7, 11) is 1.61. The maximum Gasteiger partial charge on any atom is 0.272 e. The van der Waals surface area contributed by atoms with E-state index in [2.05, 4.69) is 20.9 Å². The summed E-state index contributed by atoms with van der Waals surface area (Å²) in [6, 6.07) is 40.2. The van der Waals surface area contributed by atoms with Gasteiger partial charge in [-0.15, -0.1) is 23.1 Å². The van der Waals surface area contributed by atoms with Crippen LogP contribution in [0.25, 0.3) is 17.3 Å². The molecule has 6 rings (SSSR count). The maximum atomic E-state index is 13.8. The van der Waals surface area contributed by atoms with E-state index in [1.165, 1.54) is 23.1 Å². The molecule has 53 heavy (non-hydrogen) atoms. The summed E-state index contributed by atoms with van der Waals surface area (Å²) >= 11 is 2.72. The lowest BCUT2D eigenvalue weighted by molar-refractivity contribution is -0.116. The lowest BCUT2D eigenvalue weighted by Crippen LogP contribution is -2.30. The number of amides is 3. The van der Waals surface area contributed by atoms with E-state index in [0.717, 1.165) is 16.0 Å². The van der Waals surface area contributed by atoms with Crippen LogP contribution in [-0.2, 0) is 9.59 Å². The number of aromatic nitrogens is 1. The molecule has 3 amide bonds. The molecule has 3 N–H and O–H groups in total. The molecule has 0 fully saturated rings.